The number of hydrogen-bond donors (Lipinski definition) is 3. The van der Waals surface area contributed by atoms with Gasteiger partial charge in [-0.25, -0.2) is 0 Å². The van der Waals surface area contributed by atoms with E-state index in [1.54, 1.807) is 32.0 Å². The number of rotatable bonds is 3. The van der Waals surface area contributed by atoms with Crippen LogP contribution >= 0.6 is 12.2 Å². The van der Waals surface area contributed by atoms with E-state index in [-0.39, 0.29) is 17.4 Å². The minimum atomic E-state index is -0.662. The van der Waals surface area contributed by atoms with Gasteiger partial charge in [-0.05, 0) is 44.3 Å². The lowest BCUT2D eigenvalue weighted by Gasteiger charge is -2.23. The maximum atomic E-state index is 12.0. The topological polar surface area (TPSA) is 78.3 Å². The van der Waals surface area contributed by atoms with Gasteiger partial charge in [0, 0.05) is 5.56 Å². The largest absolute Gasteiger partial charge is 0.429 e. The highest BCUT2D eigenvalue weighted by molar-refractivity contribution is 7.71. The summed E-state index contributed by atoms with van der Waals surface area (Å²) >= 11 is 4.87. The van der Waals surface area contributed by atoms with Crippen LogP contribution in [0.25, 0.3) is 11.1 Å². The number of fused-ring (bicyclic) bond motifs is 1. The summed E-state index contributed by atoms with van der Waals surface area (Å²) in [7, 11) is 0. The summed E-state index contributed by atoms with van der Waals surface area (Å²) in [4.78, 5) is 15.1. The van der Waals surface area contributed by atoms with Crippen molar-refractivity contribution in [2.24, 2.45) is 0 Å². The Balaban J connectivity index is 2.30. The van der Waals surface area contributed by atoms with Crippen molar-refractivity contribution in [2.75, 3.05) is 6.61 Å². The fraction of sp³-hybridized carbons (Fsp3) is 0.333. The molecule has 18 heavy (non-hydrogen) atoms. The van der Waals surface area contributed by atoms with Crippen LogP contribution in [0.3, 0.4) is 0 Å². The quantitative estimate of drug-likeness (QED) is 0.742. The van der Waals surface area contributed by atoms with Crippen LogP contribution in [0.2, 0.25) is 0 Å². The van der Waals surface area contributed by atoms with Gasteiger partial charge in [-0.15, -0.1) is 0 Å². The Morgan fingerprint density at radius 2 is 2.28 bits per heavy atom. The Hall–Kier alpha value is -1.66. The predicted molar refractivity (Wildman–Crippen MR) is 70.0 cm³/mol. The summed E-state index contributed by atoms with van der Waals surface area (Å²) in [5.74, 6) is -0.265. The van der Waals surface area contributed by atoms with E-state index in [1.807, 2.05) is 0 Å². The highest BCUT2D eigenvalue weighted by Crippen LogP contribution is 2.16. The molecular weight excluding hydrogens is 252 g/mol. The highest BCUT2D eigenvalue weighted by atomic mass is 32.1. The summed E-state index contributed by atoms with van der Waals surface area (Å²) in [5.41, 5.74) is 1.08. The van der Waals surface area contributed by atoms with Gasteiger partial charge in [0.15, 0.2) is 5.58 Å². The molecule has 2 rings (SSSR count). The number of aromatic amines is 1. The van der Waals surface area contributed by atoms with Crippen molar-refractivity contribution in [3.63, 3.8) is 0 Å². The number of amides is 1. The monoisotopic (exact) mass is 266 g/mol. The summed E-state index contributed by atoms with van der Waals surface area (Å²) in [6, 6.07) is 5.02. The van der Waals surface area contributed by atoms with Crippen LogP contribution < -0.4 is 5.32 Å². The second-order valence-electron chi connectivity index (χ2n) is 4.72. The number of aromatic nitrogens is 1. The SMILES string of the molecule is CC(C)(CO)NC(=O)c1ccc2[nH]c(=S)oc2c1. The third kappa shape index (κ3) is 2.60. The van der Waals surface area contributed by atoms with Crippen LogP contribution in [-0.4, -0.2) is 28.1 Å². The standard InChI is InChI=1S/C12H14N2O3S/c1-12(2,6-15)14-10(16)7-3-4-8-9(5-7)17-11(18)13-8/h3-5,15H,6H2,1-2H3,(H,13,18)(H,14,16). The average Bonchev–Trinajstić information content (AvgIpc) is 2.67. The Bertz CT molecular complexity index is 642. The maximum Gasteiger partial charge on any atom is 0.266 e. The van der Waals surface area contributed by atoms with E-state index >= 15 is 0 Å². The zero-order valence-corrected chi connectivity index (χ0v) is 10.9. The van der Waals surface area contributed by atoms with Crippen molar-refractivity contribution in [1.29, 1.82) is 0 Å². The van der Waals surface area contributed by atoms with Crippen LogP contribution in [0.4, 0.5) is 0 Å². The van der Waals surface area contributed by atoms with Crippen LogP contribution in [0, 0.1) is 4.84 Å². The predicted octanol–water partition coefficient (Wildman–Crippen LogP) is 1.99. The van der Waals surface area contributed by atoms with E-state index in [1.165, 1.54) is 0 Å². The van der Waals surface area contributed by atoms with Gasteiger partial charge in [0.1, 0.15) is 0 Å². The Morgan fingerprint density at radius 3 is 2.94 bits per heavy atom. The van der Waals surface area contributed by atoms with Crippen molar-refractivity contribution in [1.82, 2.24) is 10.3 Å². The number of oxazole rings is 1. The molecule has 0 fully saturated rings. The number of aliphatic hydroxyl groups excluding tert-OH is 1. The van der Waals surface area contributed by atoms with E-state index in [9.17, 15) is 4.79 Å². The van der Waals surface area contributed by atoms with Crippen molar-refractivity contribution in [3.8, 4) is 0 Å². The number of carbonyl (C=O) groups excluding carboxylic acids is 1. The fourth-order valence-corrected chi connectivity index (χ4v) is 1.71. The minimum Gasteiger partial charge on any atom is -0.429 e. The summed E-state index contributed by atoms with van der Waals surface area (Å²) in [6.45, 7) is 3.35. The molecule has 0 saturated heterocycles. The van der Waals surface area contributed by atoms with Gasteiger partial charge < -0.3 is 19.8 Å². The number of nitrogens with one attached hydrogen (secondary N) is 2. The second kappa shape index (κ2) is 4.55. The van der Waals surface area contributed by atoms with Gasteiger partial charge in [-0.2, -0.15) is 0 Å². The van der Waals surface area contributed by atoms with E-state index in [2.05, 4.69) is 10.3 Å². The van der Waals surface area contributed by atoms with E-state index in [0.717, 1.165) is 5.52 Å². The molecule has 1 aromatic carbocycles. The molecule has 1 heterocycles. The second-order valence-corrected chi connectivity index (χ2v) is 5.09. The number of benzene rings is 1. The molecule has 6 heteroatoms. The minimum absolute atomic E-state index is 0.133. The van der Waals surface area contributed by atoms with Gasteiger partial charge in [0.05, 0.1) is 17.7 Å². The average molecular weight is 266 g/mol. The molecule has 0 aliphatic heterocycles. The maximum absolute atomic E-state index is 12.0. The van der Waals surface area contributed by atoms with Crippen LogP contribution in [0.1, 0.15) is 24.2 Å². The molecule has 0 atom stereocenters. The molecule has 1 aromatic heterocycles. The zero-order valence-electron chi connectivity index (χ0n) is 10.1. The molecule has 0 aliphatic carbocycles. The third-order valence-electron chi connectivity index (χ3n) is 2.53. The molecule has 0 bridgehead atoms. The van der Waals surface area contributed by atoms with Crippen molar-refractivity contribution in [2.45, 2.75) is 19.4 Å². The molecule has 0 aliphatic rings. The lowest BCUT2D eigenvalue weighted by molar-refractivity contribution is 0.0869. The van der Waals surface area contributed by atoms with Gasteiger partial charge in [0.25, 0.3) is 10.7 Å². The molecule has 96 valence electrons. The Labute approximate surface area is 109 Å². The molecular formula is C12H14N2O3S. The fourth-order valence-electron chi connectivity index (χ4n) is 1.51. The molecule has 0 spiro atoms. The highest BCUT2D eigenvalue weighted by Gasteiger charge is 2.20. The van der Waals surface area contributed by atoms with Gasteiger partial charge in [-0.3, -0.25) is 4.79 Å². The van der Waals surface area contributed by atoms with E-state index < -0.39 is 5.54 Å². The molecule has 1 amide bonds. The first-order chi connectivity index (χ1) is 8.41. The van der Waals surface area contributed by atoms with Gasteiger partial charge >= 0.3 is 0 Å². The normalized spacial score (nSPS) is 11.7. The third-order valence-corrected chi connectivity index (χ3v) is 2.72. The first-order valence-corrected chi connectivity index (χ1v) is 5.88. The zero-order chi connectivity index (χ0) is 13.3. The molecule has 5 nitrogen and oxygen atoms in total. The Kier molecular flexibility index (Phi) is 3.23. The van der Waals surface area contributed by atoms with E-state index in [4.69, 9.17) is 21.7 Å². The molecule has 0 unspecified atom stereocenters. The van der Waals surface area contributed by atoms with Crippen LogP contribution in [0.15, 0.2) is 22.6 Å². The first-order valence-electron chi connectivity index (χ1n) is 5.47. The summed E-state index contributed by atoms with van der Waals surface area (Å²) in [6.07, 6.45) is 0. The van der Waals surface area contributed by atoms with E-state index in [0.29, 0.717) is 11.1 Å². The first kappa shape index (κ1) is 12.8. The number of hydrogen-bond acceptors (Lipinski definition) is 4. The van der Waals surface area contributed by atoms with Crippen LogP contribution in [0.5, 0.6) is 0 Å². The van der Waals surface area contributed by atoms with Crippen LogP contribution in [-0.2, 0) is 0 Å². The summed E-state index contributed by atoms with van der Waals surface area (Å²) < 4.78 is 5.25. The van der Waals surface area contributed by atoms with Crippen molar-refractivity contribution >= 4 is 29.2 Å². The van der Waals surface area contributed by atoms with Crippen molar-refractivity contribution < 1.29 is 14.3 Å². The molecule has 0 saturated carbocycles. The molecule has 2 aromatic rings. The Morgan fingerprint density at radius 1 is 1.56 bits per heavy atom. The van der Waals surface area contributed by atoms with Gasteiger partial charge in [-0.1, -0.05) is 0 Å². The van der Waals surface area contributed by atoms with Crippen molar-refractivity contribution in [3.05, 3.63) is 28.6 Å². The summed E-state index contributed by atoms with van der Waals surface area (Å²) in [5, 5.41) is 11.8. The number of H-pyrrole nitrogens is 1. The number of carbonyl (C=O) groups is 1. The van der Waals surface area contributed by atoms with Gasteiger partial charge in [0.2, 0.25) is 0 Å². The lowest BCUT2D eigenvalue weighted by atomic mass is 10.1. The molecule has 0 radical (unpaired) electrons. The smallest absolute Gasteiger partial charge is 0.266 e. The lowest BCUT2D eigenvalue weighted by Crippen LogP contribution is -2.46. The molecule has 3 N–H and O–H groups in total. The number of aliphatic hydroxyl groups is 1.